The molecular formula is C20H24N4O3. The predicted octanol–water partition coefficient (Wildman–Crippen LogP) is 1.16. The lowest BCUT2D eigenvalue weighted by molar-refractivity contribution is 0.0920. The molecule has 2 heterocycles. The number of nitrogens with zero attached hydrogens (tertiary/aromatic N) is 2. The number of ether oxygens (including phenoxy) is 1. The Balaban J connectivity index is 1.65. The topological polar surface area (TPSA) is 97.5 Å². The molecule has 1 aliphatic rings. The van der Waals surface area contributed by atoms with Crippen LogP contribution in [0.2, 0.25) is 0 Å². The number of hydrogen-bond donors (Lipinski definition) is 2. The number of nitrogens with two attached hydrogens (primary N) is 1. The second-order valence-electron chi connectivity index (χ2n) is 6.79. The summed E-state index contributed by atoms with van der Waals surface area (Å²) in [5, 5.41) is 2.99. The molecule has 2 aromatic rings. The highest BCUT2D eigenvalue weighted by Crippen LogP contribution is 2.18. The quantitative estimate of drug-likeness (QED) is 0.825. The molecule has 1 unspecified atom stereocenters. The zero-order valence-electron chi connectivity index (χ0n) is 15.4. The average Bonchev–Trinajstić information content (AvgIpc) is 2.90. The fourth-order valence-corrected chi connectivity index (χ4v) is 3.05. The van der Waals surface area contributed by atoms with E-state index in [1.54, 1.807) is 24.3 Å². The Morgan fingerprint density at radius 3 is 2.89 bits per heavy atom. The number of aromatic nitrogens is 1. The lowest BCUT2D eigenvalue weighted by Gasteiger charge is -2.19. The van der Waals surface area contributed by atoms with Gasteiger partial charge >= 0.3 is 0 Å². The van der Waals surface area contributed by atoms with Crippen molar-refractivity contribution >= 4 is 11.8 Å². The van der Waals surface area contributed by atoms with Gasteiger partial charge in [0, 0.05) is 42.9 Å². The maximum absolute atomic E-state index is 12.5. The molecule has 1 aliphatic heterocycles. The Labute approximate surface area is 158 Å². The van der Waals surface area contributed by atoms with Crippen LogP contribution in [0.3, 0.4) is 0 Å². The van der Waals surface area contributed by atoms with Gasteiger partial charge < -0.3 is 20.7 Å². The zero-order valence-corrected chi connectivity index (χ0v) is 15.4. The van der Waals surface area contributed by atoms with Gasteiger partial charge in [-0.3, -0.25) is 14.6 Å². The van der Waals surface area contributed by atoms with Crippen LogP contribution >= 0.6 is 0 Å². The second-order valence-corrected chi connectivity index (χ2v) is 6.79. The van der Waals surface area contributed by atoms with Crippen LogP contribution in [0.4, 0.5) is 0 Å². The van der Waals surface area contributed by atoms with Crippen LogP contribution in [0.25, 0.3) is 11.3 Å². The van der Waals surface area contributed by atoms with Gasteiger partial charge in [-0.2, -0.15) is 0 Å². The Morgan fingerprint density at radius 1 is 1.30 bits per heavy atom. The van der Waals surface area contributed by atoms with E-state index in [0.29, 0.717) is 30.0 Å². The third-order valence-corrected chi connectivity index (χ3v) is 4.56. The van der Waals surface area contributed by atoms with E-state index >= 15 is 0 Å². The van der Waals surface area contributed by atoms with Gasteiger partial charge in [0.1, 0.15) is 0 Å². The van der Waals surface area contributed by atoms with Gasteiger partial charge in [-0.15, -0.1) is 0 Å². The number of benzene rings is 1. The molecule has 27 heavy (non-hydrogen) atoms. The van der Waals surface area contributed by atoms with E-state index in [4.69, 9.17) is 10.5 Å². The summed E-state index contributed by atoms with van der Waals surface area (Å²) in [5.41, 5.74) is 7.63. The minimum Gasteiger partial charge on any atom is -0.380 e. The summed E-state index contributed by atoms with van der Waals surface area (Å²) in [7, 11) is 2.06. The SMILES string of the molecule is CN1CCOCC(CNC(=O)c2cccc(-c3ccc(C(N)=O)cn3)c2)C1. The Hall–Kier alpha value is -2.77. The van der Waals surface area contributed by atoms with E-state index < -0.39 is 5.91 Å². The summed E-state index contributed by atoms with van der Waals surface area (Å²) in [6, 6.07) is 10.6. The van der Waals surface area contributed by atoms with E-state index in [9.17, 15) is 9.59 Å². The molecule has 1 saturated heterocycles. The van der Waals surface area contributed by atoms with Crippen LogP contribution in [0.5, 0.6) is 0 Å². The number of likely N-dealkylation sites (N-methyl/N-ethyl adjacent to an activating group) is 1. The van der Waals surface area contributed by atoms with Crippen LogP contribution in [-0.4, -0.2) is 61.6 Å². The number of carbonyl (C=O) groups is 2. The van der Waals surface area contributed by atoms with Crippen molar-refractivity contribution < 1.29 is 14.3 Å². The number of hydrogen-bond acceptors (Lipinski definition) is 5. The van der Waals surface area contributed by atoms with E-state index in [1.807, 2.05) is 12.1 Å². The fraction of sp³-hybridized carbons (Fsp3) is 0.350. The van der Waals surface area contributed by atoms with Crippen molar-refractivity contribution in [2.75, 3.05) is 39.9 Å². The zero-order chi connectivity index (χ0) is 19.2. The van der Waals surface area contributed by atoms with Crippen LogP contribution in [-0.2, 0) is 4.74 Å². The number of pyridine rings is 1. The highest BCUT2D eigenvalue weighted by Gasteiger charge is 2.17. The van der Waals surface area contributed by atoms with Gasteiger partial charge in [-0.1, -0.05) is 12.1 Å². The first-order chi connectivity index (χ1) is 13.0. The Kier molecular flexibility index (Phi) is 6.16. The van der Waals surface area contributed by atoms with E-state index in [-0.39, 0.29) is 11.8 Å². The normalized spacial score (nSPS) is 17.9. The van der Waals surface area contributed by atoms with Crippen molar-refractivity contribution in [3.05, 3.63) is 53.7 Å². The molecule has 1 atom stereocenters. The number of carbonyl (C=O) groups excluding carboxylic acids is 2. The van der Waals surface area contributed by atoms with Gasteiger partial charge in [-0.05, 0) is 31.3 Å². The highest BCUT2D eigenvalue weighted by atomic mass is 16.5. The summed E-state index contributed by atoms with van der Waals surface area (Å²) in [4.78, 5) is 30.2. The first kappa shape index (κ1) is 19.0. The molecule has 0 saturated carbocycles. The van der Waals surface area contributed by atoms with Gasteiger partial charge in [-0.25, -0.2) is 0 Å². The summed E-state index contributed by atoms with van der Waals surface area (Å²) < 4.78 is 5.58. The first-order valence-electron chi connectivity index (χ1n) is 8.93. The van der Waals surface area contributed by atoms with Gasteiger partial charge in [0.2, 0.25) is 5.91 Å². The summed E-state index contributed by atoms with van der Waals surface area (Å²) in [6.45, 7) is 3.76. The fourth-order valence-electron chi connectivity index (χ4n) is 3.05. The van der Waals surface area contributed by atoms with Crippen LogP contribution in [0, 0.1) is 5.92 Å². The van der Waals surface area contributed by atoms with Crippen molar-refractivity contribution in [2.24, 2.45) is 11.7 Å². The summed E-state index contributed by atoms with van der Waals surface area (Å²) >= 11 is 0. The van der Waals surface area contributed by atoms with Crippen molar-refractivity contribution in [3.8, 4) is 11.3 Å². The van der Waals surface area contributed by atoms with Crippen molar-refractivity contribution in [2.45, 2.75) is 0 Å². The molecule has 142 valence electrons. The van der Waals surface area contributed by atoms with Crippen molar-refractivity contribution in [1.82, 2.24) is 15.2 Å². The molecule has 7 heteroatoms. The first-order valence-corrected chi connectivity index (χ1v) is 8.93. The smallest absolute Gasteiger partial charge is 0.251 e. The average molecular weight is 368 g/mol. The Morgan fingerprint density at radius 2 is 2.15 bits per heavy atom. The summed E-state index contributed by atoms with van der Waals surface area (Å²) in [6.07, 6.45) is 1.44. The number of rotatable bonds is 5. The molecule has 1 fully saturated rings. The van der Waals surface area contributed by atoms with Gasteiger partial charge in [0.05, 0.1) is 24.5 Å². The maximum atomic E-state index is 12.5. The van der Waals surface area contributed by atoms with Crippen molar-refractivity contribution in [1.29, 1.82) is 0 Å². The lowest BCUT2D eigenvalue weighted by atomic mass is 10.1. The molecule has 3 rings (SSSR count). The molecule has 3 N–H and O–H groups in total. The maximum Gasteiger partial charge on any atom is 0.251 e. The Bertz CT molecular complexity index is 807. The largest absolute Gasteiger partial charge is 0.380 e. The number of primary amides is 1. The third kappa shape index (κ3) is 5.12. The molecule has 0 spiro atoms. The van der Waals surface area contributed by atoms with Gasteiger partial charge in [0.25, 0.3) is 5.91 Å². The third-order valence-electron chi connectivity index (χ3n) is 4.56. The molecule has 2 amide bonds. The minimum atomic E-state index is -0.518. The van der Waals surface area contributed by atoms with E-state index in [0.717, 1.165) is 25.3 Å². The van der Waals surface area contributed by atoms with E-state index in [1.165, 1.54) is 6.20 Å². The van der Waals surface area contributed by atoms with Crippen LogP contribution < -0.4 is 11.1 Å². The van der Waals surface area contributed by atoms with Crippen LogP contribution in [0.1, 0.15) is 20.7 Å². The molecule has 0 bridgehead atoms. The molecule has 0 aliphatic carbocycles. The number of nitrogens with one attached hydrogen (secondary N) is 1. The van der Waals surface area contributed by atoms with E-state index in [2.05, 4.69) is 22.2 Å². The molecule has 7 nitrogen and oxygen atoms in total. The lowest BCUT2D eigenvalue weighted by Crippen LogP contribution is -2.35. The van der Waals surface area contributed by atoms with Crippen molar-refractivity contribution in [3.63, 3.8) is 0 Å². The molecule has 1 aromatic carbocycles. The molecular weight excluding hydrogens is 344 g/mol. The van der Waals surface area contributed by atoms with Crippen LogP contribution in [0.15, 0.2) is 42.6 Å². The van der Waals surface area contributed by atoms with Gasteiger partial charge in [0.15, 0.2) is 0 Å². The predicted molar refractivity (Wildman–Crippen MR) is 102 cm³/mol. The minimum absolute atomic E-state index is 0.127. The second kappa shape index (κ2) is 8.75. The number of amides is 2. The summed E-state index contributed by atoms with van der Waals surface area (Å²) in [5.74, 6) is -0.375. The monoisotopic (exact) mass is 368 g/mol. The molecule has 0 radical (unpaired) electrons. The highest BCUT2D eigenvalue weighted by molar-refractivity contribution is 5.95. The molecule has 1 aromatic heterocycles. The standard InChI is InChI=1S/C20H24N4O3/c1-24-7-8-27-13-14(12-24)10-23-20(26)16-4-2-3-15(9-16)18-6-5-17(11-22-18)19(21)25/h2-6,9,11,14H,7-8,10,12-13H2,1H3,(H2,21,25)(H,23,26).